The molecule has 0 atom stereocenters. The molecule has 5 heteroatoms. The van der Waals surface area contributed by atoms with E-state index >= 15 is 0 Å². The number of halogens is 3. The minimum absolute atomic E-state index is 0. The van der Waals surface area contributed by atoms with Crippen LogP contribution in [-0.2, 0) is 22.4 Å². The maximum Gasteiger partial charge on any atom is 0.519 e. The molecule has 0 aliphatic heterocycles. The normalized spacial score (nSPS) is 10.0. The molecular weight excluding hydrogens is 193 g/mol. The molecule has 0 amide bonds. The summed E-state index contributed by atoms with van der Waals surface area (Å²) >= 11 is 0. The monoisotopic (exact) mass is 193 g/mol. The zero-order chi connectivity index (χ0) is 4.50. The summed E-state index contributed by atoms with van der Waals surface area (Å²) < 4.78 is 29.7. The Morgan fingerprint density at radius 3 is 1.17 bits per heavy atom. The van der Waals surface area contributed by atoms with Gasteiger partial charge in [-0.1, -0.05) is 0 Å². The fourth-order valence-corrected chi connectivity index (χ4v) is 0. The summed E-state index contributed by atoms with van der Waals surface area (Å²) in [4.78, 5) is 0. The van der Waals surface area contributed by atoms with Crippen molar-refractivity contribution in [1.29, 1.82) is 0 Å². The summed E-state index contributed by atoms with van der Waals surface area (Å²) in [6.45, 7) is 0. The Labute approximate surface area is 47.7 Å². The van der Waals surface area contributed by atoms with Crippen LogP contribution in [0.2, 0.25) is 0 Å². The van der Waals surface area contributed by atoms with Crippen molar-refractivity contribution >= 4 is 0 Å². The molecule has 1 N–H and O–H groups in total. The van der Waals surface area contributed by atoms with Crippen LogP contribution in [0.3, 0.4) is 0 Å². The third-order valence-electron chi connectivity index (χ3n) is 0. The average molecular weight is 194 g/mol. The number of rotatable bonds is 0. The van der Waals surface area contributed by atoms with Gasteiger partial charge in [-0.05, 0) is 0 Å². The Balaban J connectivity index is 0. The van der Waals surface area contributed by atoms with Crippen molar-refractivity contribution in [3.8, 4) is 0 Å². The van der Waals surface area contributed by atoms with Gasteiger partial charge in [0.25, 0.3) is 0 Å². The van der Waals surface area contributed by atoms with E-state index in [4.69, 9.17) is 5.11 Å². The van der Waals surface area contributed by atoms with Crippen molar-refractivity contribution < 1.29 is 40.7 Å². The van der Waals surface area contributed by atoms with Gasteiger partial charge in [-0.2, -0.15) is 0 Å². The molecule has 0 aliphatic carbocycles. The third-order valence-corrected chi connectivity index (χ3v) is 0. The van der Waals surface area contributed by atoms with Crippen LogP contribution < -0.4 is 0 Å². The van der Waals surface area contributed by atoms with E-state index in [1.54, 1.807) is 0 Å². The van der Waals surface area contributed by atoms with Crippen LogP contribution in [0, 0.1) is 0 Å². The van der Waals surface area contributed by atoms with E-state index in [1.807, 2.05) is 0 Å². The average Bonchev–Trinajstić information content (AvgIpc) is 0.722. The van der Waals surface area contributed by atoms with Crippen LogP contribution in [-0.4, -0.2) is 11.5 Å². The smallest absolute Gasteiger partial charge is 0.308 e. The molecule has 0 rings (SSSR count). The largest absolute Gasteiger partial charge is 0.519 e. The van der Waals surface area contributed by atoms with E-state index in [-0.39, 0.29) is 22.4 Å². The predicted molar refractivity (Wildman–Crippen MR) is 8.27 cm³/mol. The molecule has 0 aliphatic rings. The van der Waals surface area contributed by atoms with Crippen molar-refractivity contribution in [1.82, 2.24) is 0 Å². The fourth-order valence-electron chi connectivity index (χ4n) is 0. The Morgan fingerprint density at radius 2 is 1.17 bits per heavy atom. The second-order valence-electron chi connectivity index (χ2n) is 0.468. The van der Waals surface area contributed by atoms with Gasteiger partial charge in [-0.15, -0.1) is 13.2 Å². The summed E-state index contributed by atoms with van der Waals surface area (Å²) in [6.07, 6.45) is -5.00. The molecule has 0 heterocycles. The van der Waals surface area contributed by atoms with E-state index in [0.717, 1.165) is 0 Å². The number of hydrogen-bond donors (Lipinski definition) is 1. The molecule has 1 radical (unpaired) electrons. The van der Waals surface area contributed by atoms with Crippen molar-refractivity contribution in [3.05, 3.63) is 0 Å². The van der Waals surface area contributed by atoms with Crippen LogP contribution in [0.5, 0.6) is 0 Å². The Kier molecular flexibility index (Phi) is 4.25. The van der Waals surface area contributed by atoms with Crippen molar-refractivity contribution in [2.24, 2.45) is 0 Å². The molecule has 0 fully saturated rings. The van der Waals surface area contributed by atoms with Crippen LogP contribution in [0.1, 0.15) is 0 Å². The second-order valence-corrected chi connectivity index (χ2v) is 0.468. The summed E-state index contributed by atoms with van der Waals surface area (Å²) in [6, 6.07) is 0. The van der Waals surface area contributed by atoms with E-state index in [2.05, 4.69) is 0 Å². The first kappa shape index (κ1) is 9.70. The van der Waals surface area contributed by atoms with Gasteiger partial charge in [0.15, 0.2) is 0 Å². The van der Waals surface area contributed by atoms with E-state index < -0.39 is 6.36 Å². The molecule has 0 aromatic carbocycles. The van der Waals surface area contributed by atoms with E-state index in [1.165, 1.54) is 0 Å². The quantitative estimate of drug-likeness (QED) is 0.556. The topological polar surface area (TPSA) is 20.2 Å². The third kappa shape index (κ3) is 228. The first-order chi connectivity index (χ1) is 2.00. The van der Waals surface area contributed by atoms with Gasteiger partial charge in [0.2, 0.25) is 0 Å². The molecule has 0 aromatic heterocycles. The second kappa shape index (κ2) is 2.63. The minimum Gasteiger partial charge on any atom is -0.308 e. The first-order valence-electron chi connectivity index (χ1n) is 0.791. The summed E-state index contributed by atoms with van der Waals surface area (Å²) in [7, 11) is 0. The zero-order valence-corrected chi connectivity index (χ0v) is 3.86. The Bertz CT molecular complexity index is 26.3. The van der Waals surface area contributed by atoms with E-state index in [9.17, 15) is 13.2 Å². The van der Waals surface area contributed by atoms with Crippen molar-refractivity contribution in [2.45, 2.75) is 6.36 Å². The van der Waals surface area contributed by atoms with Gasteiger partial charge in [0.05, 0.1) is 0 Å². The molecule has 0 saturated carbocycles. The predicted octanol–water partition coefficient (Wildman–Crippen LogP) is 0.496. The molecule has 43 valence electrons. The van der Waals surface area contributed by atoms with Gasteiger partial charge in [-0.25, -0.2) is 0 Å². The van der Waals surface area contributed by atoms with Crippen LogP contribution in [0.25, 0.3) is 0 Å². The molecular formula is CHAgF3O. The minimum atomic E-state index is -5.00. The molecule has 0 bridgehead atoms. The van der Waals surface area contributed by atoms with Crippen molar-refractivity contribution in [2.75, 3.05) is 0 Å². The molecule has 0 unspecified atom stereocenters. The number of hydrogen-bond acceptors (Lipinski definition) is 1. The summed E-state index contributed by atoms with van der Waals surface area (Å²) in [5.41, 5.74) is 0. The van der Waals surface area contributed by atoms with Crippen LogP contribution in [0.4, 0.5) is 13.2 Å². The van der Waals surface area contributed by atoms with Gasteiger partial charge in [0.1, 0.15) is 0 Å². The van der Waals surface area contributed by atoms with Gasteiger partial charge in [0, 0.05) is 22.4 Å². The van der Waals surface area contributed by atoms with Crippen molar-refractivity contribution in [3.63, 3.8) is 0 Å². The number of aliphatic hydroxyl groups is 1. The number of alkyl halides is 3. The zero-order valence-electron chi connectivity index (χ0n) is 2.38. The van der Waals surface area contributed by atoms with E-state index in [0.29, 0.717) is 0 Å². The molecule has 0 saturated heterocycles. The van der Waals surface area contributed by atoms with Gasteiger partial charge >= 0.3 is 6.36 Å². The molecule has 1 nitrogen and oxygen atoms in total. The summed E-state index contributed by atoms with van der Waals surface area (Å²) in [5.74, 6) is 0. The van der Waals surface area contributed by atoms with Crippen LogP contribution in [0.15, 0.2) is 0 Å². The Hall–Kier alpha value is 0.490. The Morgan fingerprint density at radius 1 is 1.17 bits per heavy atom. The van der Waals surface area contributed by atoms with Gasteiger partial charge < -0.3 is 5.11 Å². The van der Waals surface area contributed by atoms with Crippen LogP contribution >= 0.6 is 0 Å². The first-order valence-corrected chi connectivity index (χ1v) is 0.791. The fraction of sp³-hybridized carbons (Fsp3) is 1.00. The maximum absolute atomic E-state index is 9.91. The SMILES string of the molecule is OC(F)(F)F.[Ag]. The standard InChI is InChI=1S/CHF3O.Ag/c2-1(3,4)5;/h5H;. The summed E-state index contributed by atoms with van der Waals surface area (Å²) in [5, 5.41) is 6.52. The maximum atomic E-state index is 9.91. The molecule has 0 aromatic rings. The molecule has 6 heavy (non-hydrogen) atoms. The van der Waals surface area contributed by atoms with Gasteiger partial charge in [-0.3, -0.25) is 0 Å². The molecule has 0 spiro atoms.